The molecule has 0 aliphatic carbocycles. The Morgan fingerprint density at radius 3 is 2.59 bits per heavy atom. The molecule has 0 saturated carbocycles. The highest BCUT2D eigenvalue weighted by Crippen LogP contribution is 2.35. The van der Waals surface area contributed by atoms with Crippen LogP contribution in [0.5, 0.6) is 5.75 Å². The SMILES string of the molecule is COC(=O)c1ccc(COc2cc3oc(=O)cc(-c4ccccc4)c3cc2Cl)o1. The monoisotopic (exact) mass is 410 g/mol. The Labute approximate surface area is 170 Å². The first-order valence-corrected chi connectivity index (χ1v) is 9.05. The molecule has 29 heavy (non-hydrogen) atoms. The molecule has 0 aliphatic rings. The zero-order chi connectivity index (χ0) is 20.4. The highest BCUT2D eigenvalue weighted by Gasteiger charge is 2.14. The summed E-state index contributed by atoms with van der Waals surface area (Å²) in [6.45, 7) is 0.0326. The number of ether oxygens (including phenoxy) is 2. The fourth-order valence-electron chi connectivity index (χ4n) is 2.94. The molecule has 2 aromatic carbocycles. The fraction of sp³-hybridized carbons (Fsp3) is 0.0909. The Hall–Kier alpha value is -3.51. The van der Waals surface area contributed by atoms with Crippen molar-refractivity contribution < 1.29 is 23.1 Å². The van der Waals surface area contributed by atoms with Crippen molar-refractivity contribution in [3.8, 4) is 16.9 Å². The van der Waals surface area contributed by atoms with Crippen LogP contribution in [0.25, 0.3) is 22.1 Å². The summed E-state index contributed by atoms with van der Waals surface area (Å²) in [5.74, 6) is 0.244. The molecule has 7 heteroatoms. The molecule has 0 unspecified atom stereocenters. The average molecular weight is 411 g/mol. The topological polar surface area (TPSA) is 78.9 Å². The Balaban J connectivity index is 1.66. The van der Waals surface area contributed by atoms with Crippen molar-refractivity contribution in [2.24, 2.45) is 0 Å². The Bertz CT molecular complexity index is 1240. The highest BCUT2D eigenvalue weighted by molar-refractivity contribution is 6.33. The third-order valence-corrected chi connectivity index (χ3v) is 4.60. The molecule has 0 aliphatic heterocycles. The molecular weight excluding hydrogens is 396 g/mol. The van der Waals surface area contributed by atoms with Crippen molar-refractivity contribution in [3.05, 3.63) is 87.6 Å². The smallest absolute Gasteiger partial charge is 0.373 e. The van der Waals surface area contributed by atoms with Gasteiger partial charge >= 0.3 is 11.6 Å². The van der Waals surface area contributed by atoms with E-state index in [9.17, 15) is 9.59 Å². The van der Waals surface area contributed by atoms with Crippen LogP contribution in [0.15, 0.2) is 74.3 Å². The van der Waals surface area contributed by atoms with Gasteiger partial charge in [-0.1, -0.05) is 41.9 Å². The fourth-order valence-corrected chi connectivity index (χ4v) is 3.16. The summed E-state index contributed by atoms with van der Waals surface area (Å²) < 4.78 is 21.0. The van der Waals surface area contributed by atoms with Crippen molar-refractivity contribution in [3.63, 3.8) is 0 Å². The second-order valence-electron chi connectivity index (χ2n) is 6.17. The number of hydrogen-bond acceptors (Lipinski definition) is 6. The molecule has 0 amide bonds. The van der Waals surface area contributed by atoms with Gasteiger partial charge in [-0.3, -0.25) is 0 Å². The van der Waals surface area contributed by atoms with Gasteiger partial charge in [0.25, 0.3) is 0 Å². The number of carbonyl (C=O) groups excluding carboxylic acids is 1. The lowest BCUT2D eigenvalue weighted by atomic mass is 10.0. The molecule has 6 nitrogen and oxygen atoms in total. The van der Waals surface area contributed by atoms with E-state index in [1.54, 1.807) is 18.2 Å². The van der Waals surface area contributed by atoms with Crippen LogP contribution in [-0.2, 0) is 11.3 Å². The molecule has 2 aromatic heterocycles. The maximum Gasteiger partial charge on any atom is 0.373 e. The standard InChI is InChI=1S/C22H15ClO6/c1-26-22(25)18-8-7-14(28-18)12-27-20-11-19-16(9-17(20)23)15(10-21(24)29-19)13-5-3-2-4-6-13/h2-11H,12H2,1H3. The number of carbonyl (C=O) groups is 1. The zero-order valence-corrected chi connectivity index (χ0v) is 16.1. The van der Waals surface area contributed by atoms with Crippen molar-refractivity contribution in [2.75, 3.05) is 7.11 Å². The van der Waals surface area contributed by atoms with Crippen LogP contribution in [-0.4, -0.2) is 13.1 Å². The molecule has 0 bridgehead atoms. The lowest BCUT2D eigenvalue weighted by Crippen LogP contribution is -2.00. The average Bonchev–Trinajstić information content (AvgIpc) is 3.21. The summed E-state index contributed by atoms with van der Waals surface area (Å²) in [4.78, 5) is 23.5. The first kappa shape index (κ1) is 18.8. The number of methoxy groups -OCH3 is 1. The van der Waals surface area contributed by atoms with E-state index in [0.717, 1.165) is 11.1 Å². The van der Waals surface area contributed by atoms with Gasteiger partial charge in [0, 0.05) is 17.5 Å². The summed E-state index contributed by atoms with van der Waals surface area (Å²) in [6, 6.07) is 17.3. The number of hydrogen-bond donors (Lipinski definition) is 0. The predicted octanol–water partition coefficient (Wildman–Crippen LogP) is 5.07. The second kappa shape index (κ2) is 7.85. The number of furan rings is 1. The van der Waals surface area contributed by atoms with E-state index < -0.39 is 11.6 Å². The minimum absolute atomic E-state index is 0.0326. The van der Waals surface area contributed by atoms with Gasteiger partial charge in [0.1, 0.15) is 23.7 Å². The van der Waals surface area contributed by atoms with Crippen LogP contribution >= 0.6 is 11.6 Å². The van der Waals surface area contributed by atoms with Crippen LogP contribution < -0.4 is 10.4 Å². The van der Waals surface area contributed by atoms with Crippen LogP contribution in [0.2, 0.25) is 5.02 Å². The molecular formula is C22H15ClO6. The zero-order valence-electron chi connectivity index (χ0n) is 15.3. The molecule has 4 rings (SSSR count). The van der Waals surface area contributed by atoms with Crippen molar-refractivity contribution >= 4 is 28.5 Å². The van der Waals surface area contributed by atoms with E-state index in [-0.39, 0.29) is 12.4 Å². The van der Waals surface area contributed by atoms with E-state index >= 15 is 0 Å². The van der Waals surface area contributed by atoms with Gasteiger partial charge < -0.3 is 18.3 Å². The highest BCUT2D eigenvalue weighted by atomic mass is 35.5. The molecule has 0 atom stereocenters. The van der Waals surface area contributed by atoms with Gasteiger partial charge in [0.05, 0.1) is 12.1 Å². The summed E-state index contributed by atoms with van der Waals surface area (Å²) in [5, 5.41) is 1.04. The molecule has 0 radical (unpaired) electrons. The summed E-state index contributed by atoms with van der Waals surface area (Å²) in [6.07, 6.45) is 0. The molecule has 146 valence electrons. The number of esters is 1. The first-order chi connectivity index (χ1) is 14.0. The Morgan fingerprint density at radius 1 is 1.03 bits per heavy atom. The molecule has 0 spiro atoms. The van der Waals surface area contributed by atoms with E-state index in [1.807, 2.05) is 30.3 Å². The first-order valence-electron chi connectivity index (χ1n) is 8.68. The van der Waals surface area contributed by atoms with Gasteiger partial charge in [-0.05, 0) is 29.3 Å². The molecule has 2 heterocycles. The second-order valence-corrected chi connectivity index (χ2v) is 6.58. The number of halogens is 1. The van der Waals surface area contributed by atoms with Crippen LogP contribution in [0.4, 0.5) is 0 Å². The Kier molecular flexibility index (Phi) is 5.10. The summed E-state index contributed by atoms with van der Waals surface area (Å²) >= 11 is 6.40. The predicted molar refractivity (Wildman–Crippen MR) is 107 cm³/mol. The van der Waals surface area contributed by atoms with Crippen LogP contribution in [0, 0.1) is 0 Å². The number of benzene rings is 2. The molecule has 0 saturated heterocycles. The molecule has 0 fully saturated rings. The van der Waals surface area contributed by atoms with Crippen molar-refractivity contribution in [2.45, 2.75) is 6.61 Å². The van der Waals surface area contributed by atoms with E-state index in [1.165, 1.54) is 19.2 Å². The number of rotatable bonds is 5. The Morgan fingerprint density at radius 2 is 1.83 bits per heavy atom. The largest absolute Gasteiger partial charge is 0.484 e. The third kappa shape index (κ3) is 3.88. The maximum atomic E-state index is 12.0. The van der Waals surface area contributed by atoms with Gasteiger partial charge in [-0.25, -0.2) is 9.59 Å². The van der Waals surface area contributed by atoms with Gasteiger partial charge in [0.15, 0.2) is 0 Å². The van der Waals surface area contributed by atoms with Gasteiger partial charge in [-0.2, -0.15) is 0 Å². The van der Waals surface area contributed by atoms with Gasteiger partial charge in [0.2, 0.25) is 5.76 Å². The lowest BCUT2D eigenvalue weighted by Gasteiger charge is -2.10. The minimum atomic E-state index is -0.574. The lowest BCUT2D eigenvalue weighted by molar-refractivity contribution is 0.0561. The van der Waals surface area contributed by atoms with E-state index in [0.29, 0.717) is 27.5 Å². The van der Waals surface area contributed by atoms with E-state index in [4.69, 9.17) is 25.2 Å². The maximum absolute atomic E-state index is 12.0. The quantitative estimate of drug-likeness (QED) is 0.337. The minimum Gasteiger partial charge on any atom is -0.484 e. The normalized spacial score (nSPS) is 10.8. The van der Waals surface area contributed by atoms with Crippen molar-refractivity contribution in [1.82, 2.24) is 0 Å². The molecule has 4 aromatic rings. The van der Waals surface area contributed by atoms with Crippen LogP contribution in [0.3, 0.4) is 0 Å². The van der Waals surface area contributed by atoms with E-state index in [2.05, 4.69) is 4.74 Å². The summed E-state index contributed by atoms with van der Waals surface area (Å²) in [7, 11) is 1.27. The van der Waals surface area contributed by atoms with Crippen molar-refractivity contribution in [1.29, 1.82) is 0 Å². The van der Waals surface area contributed by atoms with Gasteiger partial charge in [-0.15, -0.1) is 0 Å². The molecule has 0 N–H and O–H groups in total. The van der Waals surface area contributed by atoms with Crippen LogP contribution in [0.1, 0.15) is 16.3 Å². The summed E-state index contributed by atoms with van der Waals surface area (Å²) in [5.41, 5.74) is 1.48. The third-order valence-electron chi connectivity index (χ3n) is 4.30. The number of fused-ring (bicyclic) bond motifs is 1.